The number of alkyl halides is 6. The van der Waals surface area contributed by atoms with Gasteiger partial charge in [-0.25, -0.2) is 0 Å². The van der Waals surface area contributed by atoms with E-state index in [1.165, 1.54) is 32.3 Å². The van der Waals surface area contributed by atoms with Gasteiger partial charge < -0.3 is 15.4 Å². The maximum absolute atomic E-state index is 12.4. The van der Waals surface area contributed by atoms with E-state index in [4.69, 9.17) is 0 Å². The molecular formula is C16H23F6IN4O. The number of hydrogen-bond acceptors (Lipinski definition) is 3. The Labute approximate surface area is 176 Å². The summed E-state index contributed by atoms with van der Waals surface area (Å²) in [5.41, 5.74) is 0.280. The minimum atomic E-state index is -4.79. The summed E-state index contributed by atoms with van der Waals surface area (Å²) in [6.07, 6.45) is -8.61. The fourth-order valence-corrected chi connectivity index (χ4v) is 2.21. The predicted octanol–water partition coefficient (Wildman–Crippen LogP) is 3.75. The second-order valence-corrected chi connectivity index (χ2v) is 5.71. The van der Waals surface area contributed by atoms with Crippen molar-refractivity contribution in [3.63, 3.8) is 0 Å². The van der Waals surface area contributed by atoms with E-state index in [1.807, 2.05) is 0 Å². The third-order valence-corrected chi connectivity index (χ3v) is 3.33. The van der Waals surface area contributed by atoms with Gasteiger partial charge in [0, 0.05) is 25.7 Å². The highest BCUT2D eigenvalue weighted by Crippen LogP contribution is 2.26. The van der Waals surface area contributed by atoms with Gasteiger partial charge in [0.05, 0.1) is 6.54 Å². The zero-order valence-electron chi connectivity index (χ0n) is 15.3. The molecule has 0 aliphatic heterocycles. The molecule has 2 N–H and O–H groups in total. The van der Waals surface area contributed by atoms with Crippen molar-refractivity contribution in [2.45, 2.75) is 25.5 Å². The summed E-state index contributed by atoms with van der Waals surface area (Å²) in [5, 5.41) is 5.73. The molecule has 12 heteroatoms. The summed E-state index contributed by atoms with van der Waals surface area (Å²) >= 11 is 0. The largest absolute Gasteiger partial charge is 0.573 e. The number of hydrogen-bond donors (Lipinski definition) is 2. The molecule has 0 saturated carbocycles. The molecule has 0 aliphatic carbocycles. The molecule has 5 nitrogen and oxygen atoms in total. The molecule has 0 heterocycles. The van der Waals surface area contributed by atoms with Crippen LogP contribution in [0.4, 0.5) is 26.3 Å². The summed E-state index contributed by atoms with van der Waals surface area (Å²) < 4.78 is 77.9. The molecule has 1 rings (SSSR count). The van der Waals surface area contributed by atoms with Gasteiger partial charge in [-0.2, -0.15) is 13.2 Å². The molecule has 162 valence electrons. The number of rotatable bonds is 8. The summed E-state index contributed by atoms with van der Waals surface area (Å²) in [5.74, 6) is -0.00276. The van der Waals surface area contributed by atoms with E-state index in [1.54, 1.807) is 6.07 Å². The number of para-hydroxylation sites is 1. The Hall–Kier alpha value is -1.44. The van der Waals surface area contributed by atoms with Crippen molar-refractivity contribution >= 4 is 29.9 Å². The van der Waals surface area contributed by atoms with Crippen LogP contribution in [0.5, 0.6) is 5.75 Å². The number of benzene rings is 1. The molecule has 0 aliphatic rings. The van der Waals surface area contributed by atoms with Crippen molar-refractivity contribution < 1.29 is 31.1 Å². The number of halogens is 7. The van der Waals surface area contributed by atoms with Crippen LogP contribution in [0, 0.1) is 0 Å². The van der Waals surface area contributed by atoms with Crippen molar-refractivity contribution in [1.82, 2.24) is 15.5 Å². The molecule has 0 radical (unpaired) electrons. The molecule has 0 atom stereocenters. The molecule has 0 saturated heterocycles. The Morgan fingerprint density at radius 2 is 1.75 bits per heavy atom. The predicted molar refractivity (Wildman–Crippen MR) is 105 cm³/mol. The van der Waals surface area contributed by atoms with Crippen molar-refractivity contribution in [3.8, 4) is 5.75 Å². The smallest absolute Gasteiger partial charge is 0.405 e. The normalized spacial score (nSPS) is 12.5. The topological polar surface area (TPSA) is 48.9 Å². The first kappa shape index (κ1) is 26.6. The van der Waals surface area contributed by atoms with Crippen LogP contribution in [0.2, 0.25) is 0 Å². The molecular weight excluding hydrogens is 505 g/mol. The van der Waals surface area contributed by atoms with Crippen molar-refractivity contribution in [3.05, 3.63) is 29.8 Å². The van der Waals surface area contributed by atoms with Gasteiger partial charge in [0.25, 0.3) is 0 Å². The summed E-state index contributed by atoms with van der Waals surface area (Å²) in [7, 11) is 2.85. The molecule has 1 aromatic rings. The monoisotopic (exact) mass is 528 g/mol. The zero-order valence-corrected chi connectivity index (χ0v) is 17.7. The molecule has 0 unspecified atom stereocenters. The average Bonchev–Trinajstić information content (AvgIpc) is 2.52. The average molecular weight is 528 g/mol. The first-order valence-electron chi connectivity index (χ1n) is 8.03. The first-order chi connectivity index (χ1) is 12.5. The third-order valence-electron chi connectivity index (χ3n) is 3.33. The highest BCUT2D eigenvalue weighted by molar-refractivity contribution is 14.0. The lowest BCUT2D eigenvalue weighted by Crippen LogP contribution is -2.39. The van der Waals surface area contributed by atoms with E-state index >= 15 is 0 Å². The lowest BCUT2D eigenvalue weighted by atomic mass is 10.2. The van der Waals surface area contributed by atoms with Crippen LogP contribution < -0.4 is 15.4 Å². The van der Waals surface area contributed by atoms with Crippen LogP contribution >= 0.6 is 24.0 Å². The quantitative estimate of drug-likeness (QED) is 0.178. The van der Waals surface area contributed by atoms with Gasteiger partial charge in [0.15, 0.2) is 5.96 Å². The highest BCUT2D eigenvalue weighted by atomic mass is 127. The Morgan fingerprint density at radius 3 is 2.32 bits per heavy atom. The fraction of sp³-hybridized carbons (Fsp3) is 0.562. The van der Waals surface area contributed by atoms with Gasteiger partial charge in [0.1, 0.15) is 5.75 Å². The zero-order chi connectivity index (χ0) is 20.5. The maximum atomic E-state index is 12.4. The second-order valence-electron chi connectivity index (χ2n) is 5.71. The van der Waals surface area contributed by atoms with E-state index in [2.05, 4.69) is 20.4 Å². The van der Waals surface area contributed by atoms with Crippen molar-refractivity contribution in [1.29, 1.82) is 0 Å². The number of guanidine groups is 1. The van der Waals surface area contributed by atoms with Crippen LogP contribution in [0.3, 0.4) is 0 Å². The number of ether oxygens (including phenoxy) is 1. The molecule has 0 fully saturated rings. The van der Waals surface area contributed by atoms with Gasteiger partial charge in [-0.15, -0.1) is 37.1 Å². The van der Waals surface area contributed by atoms with Crippen molar-refractivity contribution in [2.24, 2.45) is 4.99 Å². The van der Waals surface area contributed by atoms with E-state index in [-0.39, 0.29) is 48.4 Å². The van der Waals surface area contributed by atoms with Crippen LogP contribution in [-0.4, -0.2) is 57.1 Å². The van der Waals surface area contributed by atoms with Gasteiger partial charge in [-0.3, -0.25) is 9.89 Å². The summed E-state index contributed by atoms with van der Waals surface area (Å²) in [6, 6.07) is 5.69. The van der Waals surface area contributed by atoms with Gasteiger partial charge >= 0.3 is 12.5 Å². The maximum Gasteiger partial charge on any atom is 0.573 e. The third kappa shape index (κ3) is 12.1. The van der Waals surface area contributed by atoms with Gasteiger partial charge in [-0.1, -0.05) is 18.2 Å². The van der Waals surface area contributed by atoms with E-state index in [0.29, 0.717) is 18.9 Å². The fourth-order valence-electron chi connectivity index (χ4n) is 2.21. The number of aliphatic imine (C=N–C) groups is 1. The SMILES string of the molecule is CN=C(NCCCN(C)CC(F)(F)F)NCc1ccccc1OC(F)(F)F.I. The minimum absolute atomic E-state index is 0. The molecule has 0 aromatic heterocycles. The van der Waals surface area contributed by atoms with Crippen molar-refractivity contribution in [2.75, 3.05) is 33.7 Å². The Bertz CT molecular complexity index is 610. The molecule has 1 aromatic carbocycles. The lowest BCUT2D eigenvalue weighted by Gasteiger charge is -2.19. The van der Waals surface area contributed by atoms with E-state index < -0.39 is 19.1 Å². The minimum Gasteiger partial charge on any atom is -0.405 e. The summed E-state index contributed by atoms with van der Waals surface area (Å²) in [4.78, 5) is 5.08. The number of nitrogens with one attached hydrogen (secondary N) is 2. The van der Waals surface area contributed by atoms with Gasteiger partial charge in [0.2, 0.25) is 0 Å². The van der Waals surface area contributed by atoms with Crippen LogP contribution in [0.1, 0.15) is 12.0 Å². The van der Waals surface area contributed by atoms with Gasteiger partial charge in [-0.05, 0) is 26.1 Å². The molecule has 0 amide bonds. The van der Waals surface area contributed by atoms with E-state index in [0.717, 1.165) is 4.90 Å². The van der Waals surface area contributed by atoms with Crippen LogP contribution in [0.25, 0.3) is 0 Å². The Morgan fingerprint density at radius 1 is 1.11 bits per heavy atom. The standard InChI is InChI=1S/C16H22F6N4O.HI/c1-23-14(24-8-5-9-26(2)11-15(17,18)19)25-10-12-6-3-4-7-13(12)27-16(20,21)22;/h3-4,6-7H,5,8-11H2,1-2H3,(H2,23,24,25);1H. The van der Waals surface area contributed by atoms with E-state index in [9.17, 15) is 26.3 Å². The Kier molecular flexibility index (Phi) is 11.6. The summed E-state index contributed by atoms with van der Waals surface area (Å²) in [6.45, 7) is -0.385. The molecule has 28 heavy (non-hydrogen) atoms. The second kappa shape index (κ2) is 12.2. The van der Waals surface area contributed by atoms with Crippen LogP contribution in [-0.2, 0) is 6.54 Å². The first-order valence-corrected chi connectivity index (χ1v) is 8.03. The number of nitrogens with zero attached hydrogens (tertiary/aromatic N) is 2. The lowest BCUT2D eigenvalue weighted by molar-refractivity contribution is -0.274. The van der Waals surface area contributed by atoms with Crippen LogP contribution in [0.15, 0.2) is 29.3 Å². The molecule has 0 bridgehead atoms. The Balaban J connectivity index is 0.00000729. The molecule has 0 spiro atoms. The highest BCUT2D eigenvalue weighted by Gasteiger charge is 2.32.